The first-order valence-corrected chi connectivity index (χ1v) is 7.86. The lowest BCUT2D eigenvalue weighted by molar-refractivity contribution is -0.147. The molecule has 1 aromatic rings. The van der Waals surface area contributed by atoms with E-state index in [1.54, 1.807) is 0 Å². The van der Waals surface area contributed by atoms with Gasteiger partial charge in [-0.2, -0.15) is 0 Å². The molecule has 2 aliphatic rings. The topological polar surface area (TPSA) is 62.3 Å². The average Bonchev–Trinajstić information content (AvgIpc) is 2.46. The van der Waals surface area contributed by atoms with E-state index in [9.17, 15) is 0 Å². The molecule has 114 valence electrons. The van der Waals surface area contributed by atoms with Crippen LogP contribution in [0, 0.1) is 5.41 Å². The summed E-state index contributed by atoms with van der Waals surface area (Å²) in [6.07, 6.45) is 6.06. The van der Waals surface area contributed by atoms with Crippen molar-refractivity contribution in [1.82, 2.24) is 4.90 Å². The lowest BCUT2D eigenvalue weighted by Crippen LogP contribution is -2.51. The van der Waals surface area contributed by atoms with Crippen LogP contribution in [-0.2, 0) is 11.3 Å². The molecule has 1 aliphatic carbocycles. The minimum absolute atomic E-state index is 0.138. The zero-order valence-corrected chi connectivity index (χ0v) is 12.8. The lowest BCUT2D eigenvalue weighted by Gasteiger charge is -2.49. The van der Waals surface area contributed by atoms with E-state index >= 15 is 0 Å². The normalized spacial score (nSPS) is 24.0. The minimum atomic E-state index is 0.138. The third-order valence-corrected chi connectivity index (χ3v) is 5.03. The van der Waals surface area contributed by atoms with Crippen LogP contribution in [0.4, 0.5) is 0 Å². The van der Waals surface area contributed by atoms with Crippen LogP contribution < -0.4 is 5.73 Å². The Morgan fingerprint density at radius 1 is 1.48 bits per heavy atom. The largest absolute Gasteiger partial charge is 0.384 e. The molecule has 4 heteroatoms. The van der Waals surface area contributed by atoms with E-state index in [0.29, 0.717) is 6.04 Å². The molecule has 4 nitrogen and oxygen atoms in total. The fraction of sp³-hybridized carbons (Fsp3) is 0.588. The Kier molecular flexibility index (Phi) is 4.00. The van der Waals surface area contributed by atoms with Crippen molar-refractivity contribution in [2.45, 2.75) is 50.3 Å². The molecular formula is C17H25N3O. The summed E-state index contributed by atoms with van der Waals surface area (Å²) in [5.41, 5.74) is 7.79. The molecule has 2 fully saturated rings. The van der Waals surface area contributed by atoms with Gasteiger partial charge in [0.25, 0.3) is 0 Å². The summed E-state index contributed by atoms with van der Waals surface area (Å²) in [6, 6.07) is 8.61. The van der Waals surface area contributed by atoms with Crippen LogP contribution in [0.2, 0.25) is 0 Å². The maximum atomic E-state index is 7.54. The number of nitrogens with zero attached hydrogens (tertiary/aromatic N) is 1. The molecule has 1 unspecified atom stereocenters. The number of nitrogens with one attached hydrogen (secondary N) is 1. The second-order valence-corrected chi connectivity index (χ2v) is 6.56. The smallest absolute Gasteiger partial charge is 0.122 e. The molecule has 1 saturated heterocycles. The third-order valence-electron chi connectivity index (χ3n) is 5.03. The van der Waals surface area contributed by atoms with Gasteiger partial charge in [-0.1, -0.05) is 18.2 Å². The first kappa shape index (κ1) is 14.5. The summed E-state index contributed by atoms with van der Waals surface area (Å²) >= 11 is 0. The number of hydrogen-bond donors (Lipinski definition) is 2. The van der Waals surface area contributed by atoms with Gasteiger partial charge in [0.05, 0.1) is 5.60 Å². The van der Waals surface area contributed by atoms with Crippen molar-refractivity contribution in [3.8, 4) is 0 Å². The highest BCUT2D eigenvalue weighted by molar-refractivity contribution is 5.95. The zero-order valence-electron chi connectivity index (χ0n) is 12.8. The van der Waals surface area contributed by atoms with Crippen molar-refractivity contribution in [2.24, 2.45) is 5.73 Å². The molecule has 3 rings (SSSR count). The molecular weight excluding hydrogens is 262 g/mol. The van der Waals surface area contributed by atoms with Gasteiger partial charge in [-0.25, -0.2) is 0 Å². The highest BCUT2D eigenvalue weighted by Gasteiger charge is 2.43. The second kappa shape index (κ2) is 5.78. The van der Waals surface area contributed by atoms with Gasteiger partial charge in [0.15, 0.2) is 0 Å². The van der Waals surface area contributed by atoms with Crippen molar-refractivity contribution in [1.29, 1.82) is 5.41 Å². The van der Waals surface area contributed by atoms with Crippen LogP contribution in [0.25, 0.3) is 0 Å². The lowest BCUT2D eigenvalue weighted by atomic mass is 9.73. The van der Waals surface area contributed by atoms with E-state index in [4.69, 9.17) is 15.9 Å². The Morgan fingerprint density at radius 2 is 2.29 bits per heavy atom. The number of nitrogen functional groups attached to an aromatic ring is 1. The molecule has 1 atom stereocenters. The van der Waals surface area contributed by atoms with Gasteiger partial charge in [-0.3, -0.25) is 10.3 Å². The molecule has 3 N–H and O–H groups in total. The Morgan fingerprint density at radius 3 is 2.95 bits per heavy atom. The first-order chi connectivity index (χ1) is 10.1. The van der Waals surface area contributed by atoms with E-state index in [2.05, 4.69) is 18.0 Å². The maximum absolute atomic E-state index is 7.54. The number of benzene rings is 1. The van der Waals surface area contributed by atoms with E-state index < -0.39 is 0 Å². The molecule has 1 heterocycles. The van der Waals surface area contributed by atoms with Crippen LogP contribution in [0.1, 0.15) is 43.2 Å². The molecule has 0 radical (unpaired) electrons. The van der Waals surface area contributed by atoms with Crippen LogP contribution in [0.15, 0.2) is 24.3 Å². The predicted octanol–water partition coefficient (Wildman–Crippen LogP) is 2.50. The van der Waals surface area contributed by atoms with E-state index in [-0.39, 0.29) is 11.4 Å². The van der Waals surface area contributed by atoms with Crippen LogP contribution in [0.5, 0.6) is 0 Å². The van der Waals surface area contributed by atoms with Gasteiger partial charge in [-0.05, 0) is 50.8 Å². The molecule has 21 heavy (non-hydrogen) atoms. The highest BCUT2D eigenvalue weighted by atomic mass is 16.5. The summed E-state index contributed by atoms with van der Waals surface area (Å²) in [4.78, 5) is 2.43. The fourth-order valence-corrected chi connectivity index (χ4v) is 3.55. The third kappa shape index (κ3) is 3.11. The van der Waals surface area contributed by atoms with Crippen LogP contribution >= 0.6 is 0 Å². The SMILES string of the molecule is CN(Cc1cccc(C(=N)N)c1)C1CCOC2(CCC2)C1. The number of amidine groups is 1. The number of rotatable bonds is 4. The Hall–Kier alpha value is -1.39. The van der Waals surface area contributed by atoms with E-state index in [0.717, 1.165) is 31.6 Å². The predicted molar refractivity (Wildman–Crippen MR) is 84.5 cm³/mol. The minimum Gasteiger partial charge on any atom is -0.384 e. The van der Waals surface area contributed by atoms with Gasteiger partial charge < -0.3 is 10.5 Å². The van der Waals surface area contributed by atoms with Gasteiger partial charge >= 0.3 is 0 Å². The van der Waals surface area contributed by atoms with Gasteiger partial charge in [0, 0.05) is 24.8 Å². The molecule has 1 aliphatic heterocycles. The fourth-order valence-electron chi connectivity index (χ4n) is 3.55. The Labute approximate surface area is 126 Å². The van der Waals surface area contributed by atoms with Crippen molar-refractivity contribution >= 4 is 5.84 Å². The number of hydrogen-bond acceptors (Lipinski definition) is 3. The summed E-state index contributed by atoms with van der Waals surface area (Å²) < 4.78 is 6.01. The van der Waals surface area contributed by atoms with E-state index in [1.807, 2.05) is 18.2 Å². The quantitative estimate of drug-likeness (QED) is 0.660. The highest BCUT2D eigenvalue weighted by Crippen LogP contribution is 2.43. The molecule has 1 spiro atoms. The van der Waals surface area contributed by atoms with E-state index in [1.165, 1.54) is 24.8 Å². The molecule has 0 aromatic heterocycles. The summed E-state index contributed by atoms with van der Waals surface area (Å²) in [5.74, 6) is 0.138. The van der Waals surface area contributed by atoms with Gasteiger partial charge in [-0.15, -0.1) is 0 Å². The van der Waals surface area contributed by atoms with Crippen molar-refractivity contribution in [3.63, 3.8) is 0 Å². The Balaban J connectivity index is 1.64. The van der Waals surface area contributed by atoms with Crippen molar-refractivity contribution in [2.75, 3.05) is 13.7 Å². The van der Waals surface area contributed by atoms with Crippen LogP contribution in [0.3, 0.4) is 0 Å². The van der Waals surface area contributed by atoms with Crippen LogP contribution in [-0.4, -0.2) is 36.0 Å². The summed E-state index contributed by atoms with van der Waals surface area (Å²) in [6.45, 7) is 1.80. The number of ether oxygens (including phenoxy) is 1. The van der Waals surface area contributed by atoms with Gasteiger partial charge in [0.1, 0.15) is 5.84 Å². The second-order valence-electron chi connectivity index (χ2n) is 6.56. The molecule has 0 bridgehead atoms. The molecule has 1 saturated carbocycles. The zero-order chi connectivity index (χ0) is 14.9. The average molecular weight is 287 g/mol. The van der Waals surface area contributed by atoms with Crippen molar-refractivity contribution in [3.05, 3.63) is 35.4 Å². The first-order valence-electron chi connectivity index (χ1n) is 7.86. The molecule has 1 aromatic carbocycles. The number of nitrogens with two attached hydrogens (primary N) is 1. The standard InChI is InChI=1S/C17H25N3O/c1-20(12-13-4-2-5-14(10-13)16(18)19)15-6-9-21-17(11-15)7-3-8-17/h2,4-5,10,15H,3,6-9,11-12H2,1H3,(H3,18,19). The van der Waals surface area contributed by atoms with Gasteiger partial charge in [0.2, 0.25) is 0 Å². The summed E-state index contributed by atoms with van der Waals surface area (Å²) in [5, 5.41) is 7.54. The Bertz CT molecular complexity index is 525. The molecule has 0 amide bonds. The maximum Gasteiger partial charge on any atom is 0.122 e. The summed E-state index contributed by atoms with van der Waals surface area (Å²) in [7, 11) is 2.20. The van der Waals surface area contributed by atoms with Crippen molar-refractivity contribution < 1.29 is 4.74 Å². The monoisotopic (exact) mass is 287 g/mol.